The molecule has 0 spiro atoms. The molecule has 1 saturated carbocycles. The molecule has 0 aromatic heterocycles. The number of fused-ring (bicyclic) bond motifs is 3. The maximum absolute atomic E-state index is 13.0. The lowest BCUT2D eigenvalue weighted by Crippen LogP contribution is -2.36. The molecule has 1 atom stereocenters. The van der Waals surface area contributed by atoms with E-state index in [-0.39, 0.29) is 10.8 Å². The first kappa shape index (κ1) is 13.7. The van der Waals surface area contributed by atoms with Gasteiger partial charge in [-0.2, -0.15) is 0 Å². The molecule has 2 aliphatic carbocycles. The van der Waals surface area contributed by atoms with Gasteiger partial charge < -0.3 is 5.11 Å². The summed E-state index contributed by atoms with van der Waals surface area (Å²) < 4.78 is 0. The third-order valence-corrected chi connectivity index (χ3v) is 5.48. The summed E-state index contributed by atoms with van der Waals surface area (Å²) in [5.41, 5.74) is 4.70. The molecule has 0 heterocycles. The van der Waals surface area contributed by atoms with Crippen LogP contribution in [0.1, 0.15) is 76.5 Å². The molecule has 2 aliphatic rings. The smallest absolute Gasteiger partial charge is 0.0142 e. The topological polar surface area (TPSA) is 23.1 Å². The highest BCUT2D eigenvalue weighted by Gasteiger charge is 2.47. The van der Waals surface area contributed by atoms with Crippen molar-refractivity contribution in [3.63, 3.8) is 0 Å². The summed E-state index contributed by atoms with van der Waals surface area (Å²) in [6.45, 7) is 11.1. The first-order chi connectivity index (χ1) is 9.27. The number of rotatable bonds is 1. The van der Waals surface area contributed by atoms with E-state index in [0.717, 1.165) is 24.0 Å². The average molecular weight is 269 g/mol. The van der Waals surface area contributed by atoms with Crippen LogP contribution in [0.25, 0.3) is 5.76 Å². The molecular weight excluding hydrogens is 244 g/mol. The van der Waals surface area contributed by atoms with E-state index in [9.17, 15) is 5.11 Å². The minimum absolute atomic E-state index is 0.0241. The largest absolute Gasteiger partial charge is 0.872 e. The van der Waals surface area contributed by atoms with E-state index in [4.69, 9.17) is 0 Å². The monoisotopic (exact) mass is 269 g/mol. The summed E-state index contributed by atoms with van der Waals surface area (Å²) in [4.78, 5) is 0. The highest BCUT2D eigenvalue weighted by atomic mass is 16.3. The van der Waals surface area contributed by atoms with Gasteiger partial charge in [-0.05, 0) is 40.9 Å². The Morgan fingerprint density at radius 1 is 1.10 bits per heavy atom. The zero-order chi connectivity index (χ0) is 14.7. The van der Waals surface area contributed by atoms with Crippen molar-refractivity contribution in [3.05, 3.63) is 40.5 Å². The third-order valence-electron chi connectivity index (χ3n) is 5.48. The van der Waals surface area contributed by atoms with Crippen LogP contribution in [-0.2, 0) is 5.41 Å². The van der Waals surface area contributed by atoms with E-state index in [1.165, 1.54) is 17.5 Å². The Hall–Kier alpha value is -1.24. The van der Waals surface area contributed by atoms with E-state index in [1.807, 2.05) is 0 Å². The highest BCUT2D eigenvalue weighted by molar-refractivity contribution is 5.76. The van der Waals surface area contributed by atoms with Crippen molar-refractivity contribution in [2.24, 2.45) is 5.41 Å². The van der Waals surface area contributed by atoms with Gasteiger partial charge in [-0.15, -0.1) is 5.76 Å². The van der Waals surface area contributed by atoms with Crippen LogP contribution >= 0.6 is 0 Å². The predicted molar refractivity (Wildman–Crippen MR) is 82.4 cm³/mol. The molecule has 0 unspecified atom stereocenters. The van der Waals surface area contributed by atoms with Crippen molar-refractivity contribution in [2.45, 2.75) is 65.2 Å². The van der Waals surface area contributed by atoms with Crippen LogP contribution in [0, 0.1) is 5.41 Å². The Morgan fingerprint density at radius 3 is 2.45 bits per heavy atom. The molecule has 0 amide bonds. The van der Waals surface area contributed by atoms with Crippen LogP contribution < -0.4 is 5.11 Å². The summed E-state index contributed by atoms with van der Waals surface area (Å²) in [7, 11) is 0. The van der Waals surface area contributed by atoms with Crippen molar-refractivity contribution < 1.29 is 5.11 Å². The minimum Gasteiger partial charge on any atom is -0.872 e. The second kappa shape index (κ2) is 4.13. The molecule has 1 heteroatoms. The van der Waals surface area contributed by atoms with E-state index < -0.39 is 0 Å². The first-order valence-electron chi connectivity index (χ1n) is 7.84. The molecule has 0 N–H and O–H groups in total. The Bertz CT molecular complexity index is 592. The second-order valence-electron chi connectivity index (χ2n) is 7.73. The lowest BCUT2D eigenvalue weighted by Gasteiger charge is -2.45. The van der Waals surface area contributed by atoms with Gasteiger partial charge in [-0.25, -0.2) is 0 Å². The van der Waals surface area contributed by atoms with Gasteiger partial charge in [-0.1, -0.05) is 64.8 Å². The van der Waals surface area contributed by atoms with Gasteiger partial charge in [0.15, 0.2) is 0 Å². The van der Waals surface area contributed by atoms with E-state index in [0.29, 0.717) is 11.7 Å². The predicted octanol–water partition coefficient (Wildman–Crippen LogP) is 4.36. The lowest BCUT2D eigenvalue weighted by molar-refractivity contribution is -0.245. The maximum atomic E-state index is 13.0. The summed E-state index contributed by atoms with van der Waals surface area (Å²) in [6.07, 6.45) is 3.46. The highest BCUT2D eigenvalue weighted by Crippen LogP contribution is 2.58. The number of allylic oxidation sites excluding steroid dienone is 1. The second-order valence-corrected chi connectivity index (χ2v) is 7.73. The van der Waals surface area contributed by atoms with E-state index in [1.54, 1.807) is 0 Å². The number of hydrogen-bond donors (Lipinski definition) is 0. The average Bonchev–Trinajstić information content (AvgIpc) is 2.58. The molecule has 0 saturated heterocycles. The van der Waals surface area contributed by atoms with Gasteiger partial charge in [0, 0.05) is 5.41 Å². The van der Waals surface area contributed by atoms with Crippen LogP contribution in [0.15, 0.2) is 23.8 Å². The Morgan fingerprint density at radius 2 is 1.80 bits per heavy atom. The summed E-state index contributed by atoms with van der Waals surface area (Å²) in [5, 5.41) is 13.0. The molecule has 0 bridgehead atoms. The Balaban J connectivity index is 2.24. The zero-order valence-corrected chi connectivity index (χ0v) is 13.3. The third kappa shape index (κ3) is 1.68. The summed E-state index contributed by atoms with van der Waals surface area (Å²) in [6, 6.07) is 6.58. The molecule has 1 aromatic rings. The van der Waals surface area contributed by atoms with Crippen molar-refractivity contribution >= 4 is 5.76 Å². The number of hydrogen-bond acceptors (Lipinski definition) is 1. The minimum atomic E-state index is -0.0241. The van der Waals surface area contributed by atoms with Crippen LogP contribution in [0.3, 0.4) is 0 Å². The van der Waals surface area contributed by atoms with Crippen LogP contribution in [0.4, 0.5) is 0 Å². The van der Waals surface area contributed by atoms with Gasteiger partial charge >= 0.3 is 0 Å². The van der Waals surface area contributed by atoms with Gasteiger partial charge in [-0.3, -0.25) is 0 Å². The zero-order valence-electron chi connectivity index (χ0n) is 13.3. The maximum Gasteiger partial charge on any atom is 0.0142 e. The van der Waals surface area contributed by atoms with Gasteiger partial charge in [0.25, 0.3) is 0 Å². The quantitative estimate of drug-likeness (QED) is 0.742. The molecule has 1 aromatic carbocycles. The number of benzene rings is 1. The Labute approximate surface area is 122 Å². The van der Waals surface area contributed by atoms with Gasteiger partial charge in [0.2, 0.25) is 0 Å². The van der Waals surface area contributed by atoms with E-state index in [2.05, 4.69) is 52.8 Å². The fourth-order valence-electron chi connectivity index (χ4n) is 4.43. The summed E-state index contributed by atoms with van der Waals surface area (Å²) >= 11 is 0. The standard InChI is InChI=1S/C19H26O/c1-12(2)13-7-8-15-14(11-13)16(20)17-18(3,4)9-6-10-19(15,17)5/h7-8,11-12,20H,6,9-10H2,1-5H3/p-1/t19-/m1/s1. The molecule has 1 fully saturated rings. The molecule has 20 heavy (non-hydrogen) atoms. The molecule has 0 aliphatic heterocycles. The fourth-order valence-corrected chi connectivity index (χ4v) is 4.43. The van der Waals surface area contributed by atoms with Crippen molar-refractivity contribution in [1.82, 2.24) is 0 Å². The van der Waals surface area contributed by atoms with Crippen molar-refractivity contribution in [1.29, 1.82) is 0 Å². The molecule has 3 rings (SSSR count). The normalized spacial score (nSPS) is 27.7. The van der Waals surface area contributed by atoms with Crippen LogP contribution in [0.2, 0.25) is 0 Å². The molecule has 0 radical (unpaired) electrons. The lowest BCUT2D eigenvalue weighted by atomic mass is 9.60. The fraction of sp³-hybridized carbons (Fsp3) is 0.579. The first-order valence-corrected chi connectivity index (χ1v) is 7.84. The van der Waals surface area contributed by atoms with Crippen molar-refractivity contribution in [2.75, 3.05) is 0 Å². The summed E-state index contributed by atoms with van der Waals surface area (Å²) in [5.74, 6) is 0.788. The van der Waals surface area contributed by atoms with Gasteiger partial charge in [0.1, 0.15) is 0 Å². The molecule has 108 valence electrons. The van der Waals surface area contributed by atoms with Crippen LogP contribution in [-0.4, -0.2) is 0 Å². The SMILES string of the molecule is CC(C)c1ccc2c(c1)C([O-])=C1C(C)(C)CCC[C@@]12C. The molecule has 1 nitrogen and oxygen atoms in total. The van der Waals surface area contributed by atoms with Crippen LogP contribution in [0.5, 0.6) is 0 Å². The molecular formula is C19H25O-. The van der Waals surface area contributed by atoms with Crippen molar-refractivity contribution in [3.8, 4) is 0 Å². The van der Waals surface area contributed by atoms with E-state index >= 15 is 0 Å². The van der Waals surface area contributed by atoms with Gasteiger partial charge in [0.05, 0.1) is 0 Å². The Kier molecular flexibility index (Phi) is 2.83.